The van der Waals surface area contributed by atoms with Gasteiger partial charge in [-0.3, -0.25) is 14.6 Å². The Labute approximate surface area is 177 Å². The van der Waals surface area contributed by atoms with E-state index in [0.29, 0.717) is 19.0 Å². The number of hydrogen-bond donors (Lipinski definition) is 1. The van der Waals surface area contributed by atoms with E-state index in [1.54, 1.807) is 7.11 Å². The molecule has 0 saturated carbocycles. The molecule has 0 radical (unpaired) electrons. The molecule has 158 valence electrons. The maximum Gasteiger partial charge on any atom is 0.325 e. The zero-order valence-electron chi connectivity index (χ0n) is 17.4. The highest BCUT2D eigenvalue weighted by Gasteiger charge is 2.52. The molecule has 29 heavy (non-hydrogen) atoms. The first-order chi connectivity index (χ1) is 14.0. The van der Waals surface area contributed by atoms with E-state index in [4.69, 9.17) is 4.74 Å². The standard InChI is InChI=1S/C22H31N3O3S/c1-22(17-8-11-24(12-9-17)18-10-14-29-15-18)20(26)25(21(27)23-22)13-7-16-3-5-19(28-2)6-4-16/h3-6,17-18H,7-15H2,1-2H3,(H,23,27)/t18-,22-/m1/s1. The number of methoxy groups -OCH3 is 1. The average Bonchev–Trinajstić information content (AvgIpc) is 3.35. The summed E-state index contributed by atoms with van der Waals surface area (Å²) in [5, 5.41) is 3.03. The van der Waals surface area contributed by atoms with Gasteiger partial charge < -0.3 is 10.1 Å². The van der Waals surface area contributed by atoms with Gasteiger partial charge in [0.05, 0.1) is 7.11 Å². The first-order valence-corrected chi connectivity index (χ1v) is 11.8. The number of carbonyl (C=O) groups is 2. The number of nitrogens with one attached hydrogen (secondary N) is 1. The monoisotopic (exact) mass is 417 g/mol. The second kappa shape index (κ2) is 8.56. The molecule has 3 saturated heterocycles. The van der Waals surface area contributed by atoms with E-state index >= 15 is 0 Å². The lowest BCUT2D eigenvalue weighted by Crippen LogP contribution is -2.55. The Morgan fingerprint density at radius 1 is 1.17 bits per heavy atom. The molecule has 6 nitrogen and oxygen atoms in total. The second-order valence-corrected chi connectivity index (χ2v) is 9.66. The van der Waals surface area contributed by atoms with Gasteiger partial charge in [0.25, 0.3) is 5.91 Å². The van der Waals surface area contributed by atoms with E-state index in [1.807, 2.05) is 43.0 Å². The highest BCUT2D eigenvalue weighted by atomic mass is 32.2. The average molecular weight is 418 g/mol. The zero-order chi connectivity index (χ0) is 20.4. The van der Waals surface area contributed by atoms with Crippen LogP contribution in [0.25, 0.3) is 0 Å². The van der Waals surface area contributed by atoms with Crippen LogP contribution in [-0.2, 0) is 11.2 Å². The molecule has 1 N–H and O–H groups in total. The summed E-state index contributed by atoms with van der Waals surface area (Å²) in [5.74, 6) is 3.44. The molecule has 3 heterocycles. The molecule has 2 atom stereocenters. The number of hydrogen-bond acceptors (Lipinski definition) is 5. The Bertz CT molecular complexity index is 742. The largest absolute Gasteiger partial charge is 0.497 e. The van der Waals surface area contributed by atoms with E-state index in [0.717, 1.165) is 37.2 Å². The highest BCUT2D eigenvalue weighted by Crippen LogP contribution is 2.35. The van der Waals surface area contributed by atoms with Gasteiger partial charge >= 0.3 is 6.03 Å². The van der Waals surface area contributed by atoms with Crippen LogP contribution >= 0.6 is 11.8 Å². The number of thioether (sulfide) groups is 1. The molecular formula is C22H31N3O3S. The minimum Gasteiger partial charge on any atom is -0.497 e. The third-order valence-electron chi connectivity index (χ3n) is 6.85. The lowest BCUT2D eigenvalue weighted by molar-refractivity contribution is -0.133. The van der Waals surface area contributed by atoms with Crippen LogP contribution in [0.4, 0.5) is 4.79 Å². The summed E-state index contributed by atoms with van der Waals surface area (Å²) in [6.45, 7) is 4.39. The van der Waals surface area contributed by atoms with Crippen molar-refractivity contribution in [2.45, 2.75) is 44.2 Å². The van der Waals surface area contributed by atoms with E-state index in [9.17, 15) is 9.59 Å². The summed E-state index contributed by atoms with van der Waals surface area (Å²) in [4.78, 5) is 29.8. The van der Waals surface area contributed by atoms with Crippen molar-refractivity contribution < 1.29 is 14.3 Å². The molecular weight excluding hydrogens is 386 g/mol. The van der Waals surface area contributed by atoms with E-state index in [-0.39, 0.29) is 17.9 Å². The summed E-state index contributed by atoms with van der Waals surface area (Å²) < 4.78 is 5.18. The van der Waals surface area contributed by atoms with Crippen LogP contribution in [0, 0.1) is 5.92 Å². The summed E-state index contributed by atoms with van der Waals surface area (Å²) >= 11 is 2.04. The molecule has 7 heteroatoms. The topological polar surface area (TPSA) is 61.9 Å². The van der Waals surface area contributed by atoms with E-state index in [1.165, 1.54) is 22.8 Å². The fourth-order valence-corrected chi connectivity index (χ4v) is 6.14. The number of imide groups is 1. The molecule has 0 unspecified atom stereocenters. The van der Waals surface area contributed by atoms with Crippen LogP contribution in [0.5, 0.6) is 5.75 Å². The number of urea groups is 1. The summed E-state index contributed by atoms with van der Waals surface area (Å²) in [5.41, 5.74) is 0.316. The van der Waals surface area contributed by atoms with Crippen molar-refractivity contribution in [3.63, 3.8) is 0 Å². The van der Waals surface area contributed by atoms with Gasteiger partial charge in [-0.05, 0) is 75.1 Å². The van der Waals surface area contributed by atoms with Gasteiger partial charge in [0, 0.05) is 18.3 Å². The quantitative estimate of drug-likeness (QED) is 0.721. The van der Waals surface area contributed by atoms with Crippen molar-refractivity contribution in [1.29, 1.82) is 0 Å². The van der Waals surface area contributed by atoms with Crippen LogP contribution in [0.2, 0.25) is 0 Å². The number of benzene rings is 1. The predicted octanol–water partition coefficient (Wildman–Crippen LogP) is 2.77. The smallest absolute Gasteiger partial charge is 0.325 e. The first-order valence-electron chi connectivity index (χ1n) is 10.6. The van der Waals surface area contributed by atoms with Gasteiger partial charge in [0.1, 0.15) is 11.3 Å². The third kappa shape index (κ3) is 4.12. The molecule has 0 aliphatic carbocycles. The number of likely N-dealkylation sites (tertiary alicyclic amines) is 1. The first kappa shape index (κ1) is 20.5. The van der Waals surface area contributed by atoms with Crippen LogP contribution < -0.4 is 10.1 Å². The molecule has 4 rings (SSSR count). The fraction of sp³-hybridized carbons (Fsp3) is 0.636. The normalized spacial score (nSPS) is 28.8. The molecule has 1 aromatic rings. The number of amides is 3. The molecule has 3 amide bonds. The highest BCUT2D eigenvalue weighted by molar-refractivity contribution is 7.99. The summed E-state index contributed by atoms with van der Waals surface area (Å²) in [7, 11) is 1.64. The molecule has 3 fully saturated rings. The van der Waals surface area contributed by atoms with Crippen LogP contribution in [-0.4, -0.2) is 71.6 Å². The van der Waals surface area contributed by atoms with E-state index < -0.39 is 5.54 Å². The molecule has 0 spiro atoms. The Morgan fingerprint density at radius 3 is 2.52 bits per heavy atom. The van der Waals surface area contributed by atoms with Gasteiger partial charge in [-0.25, -0.2) is 4.79 Å². The van der Waals surface area contributed by atoms with Gasteiger partial charge in [-0.15, -0.1) is 0 Å². The molecule has 0 aromatic heterocycles. The molecule has 3 aliphatic rings. The number of rotatable bonds is 6. The minimum atomic E-state index is -0.770. The van der Waals surface area contributed by atoms with Crippen LogP contribution in [0.3, 0.4) is 0 Å². The van der Waals surface area contributed by atoms with Gasteiger partial charge in [0.15, 0.2) is 0 Å². The number of piperidine rings is 1. The Hall–Kier alpha value is -1.73. The van der Waals surface area contributed by atoms with Crippen molar-refractivity contribution in [1.82, 2.24) is 15.1 Å². The number of ether oxygens (including phenoxy) is 1. The number of carbonyl (C=O) groups excluding carboxylic acids is 2. The second-order valence-electron chi connectivity index (χ2n) is 8.52. The molecule has 1 aromatic carbocycles. The Kier molecular flexibility index (Phi) is 6.06. The fourth-order valence-electron chi connectivity index (χ4n) is 4.88. The van der Waals surface area contributed by atoms with Crippen LogP contribution in [0.1, 0.15) is 31.7 Å². The molecule has 0 bridgehead atoms. The van der Waals surface area contributed by atoms with Gasteiger partial charge in [-0.2, -0.15) is 11.8 Å². The van der Waals surface area contributed by atoms with E-state index in [2.05, 4.69) is 10.2 Å². The van der Waals surface area contributed by atoms with Crippen molar-refractivity contribution in [3.8, 4) is 5.75 Å². The lowest BCUT2D eigenvalue weighted by atomic mass is 9.78. The predicted molar refractivity (Wildman–Crippen MR) is 115 cm³/mol. The molecule has 3 aliphatic heterocycles. The van der Waals surface area contributed by atoms with Gasteiger partial charge in [-0.1, -0.05) is 12.1 Å². The SMILES string of the molecule is COc1ccc(CCN2C(=O)N[C@](C)(C3CCN([C@@H]4CCSC4)CC3)C2=O)cc1. The van der Waals surface area contributed by atoms with Crippen LogP contribution in [0.15, 0.2) is 24.3 Å². The van der Waals surface area contributed by atoms with Crippen molar-refractivity contribution in [3.05, 3.63) is 29.8 Å². The Morgan fingerprint density at radius 2 is 1.90 bits per heavy atom. The van der Waals surface area contributed by atoms with Crippen molar-refractivity contribution in [2.24, 2.45) is 5.92 Å². The summed E-state index contributed by atoms with van der Waals surface area (Å²) in [6, 6.07) is 8.22. The maximum absolute atomic E-state index is 13.2. The third-order valence-corrected chi connectivity index (χ3v) is 8.00. The van der Waals surface area contributed by atoms with Crippen molar-refractivity contribution in [2.75, 3.05) is 38.2 Å². The van der Waals surface area contributed by atoms with Gasteiger partial charge in [0.2, 0.25) is 0 Å². The zero-order valence-corrected chi connectivity index (χ0v) is 18.2. The maximum atomic E-state index is 13.2. The van der Waals surface area contributed by atoms with Crippen molar-refractivity contribution >= 4 is 23.7 Å². The number of nitrogens with zero attached hydrogens (tertiary/aromatic N) is 2. The minimum absolute atomic E-state index is 0.0640. The lowest BCUT2D eigenvalue weighted by Gasteiger charge is -2.41. The summed E-state index contributed by atoms with van der Waals surface area (Å²) in [6.07, 6.45) is 3.87. The Balaban J connectivity index is 1.35.